The topological polar surface area (TPSA) is 49.8 Å². The maximum Gasteiger partial charge on any atom is 0.137 e. The molecule has 3 nitrogen and oxygen atoms in total. The summed E-state index contributed by atoms with van der Waals surface area (Å²) in [5.74, 6) is 0.657. The molecule has 0 amide bonds. The molecule has 0 aliphatic carbocycles. The normalized spacial score (nSPS) is 12.1. The molecule has 0 bridgehead atoms. The maximum absolute atomic E-state index is 9.38. The van der Waals surface area contributed by atoms with Gasteiger partial charge in [0.15, 0.2) is 0 Å². The van der Waals surface area contributed by atoms with Gasteiger partial charge in [-0.1, -0.05) is 29.4 Å². The third-order valence-corrected chi connectivity index (χ3v) is 3.31. The molecule has 0 N–H and O–H groups in total. The van der Waals surface area contributed by atoms with Crippen LogP contribution in [0.1, 0.15) is 34.1 Å². The molecular weight excluding hydrogens is 224 g/mol. The Morgan fingerprint density at radius 2 is 2.00 bits per heavy atom. The summed E-state index contributed by atoms with van der Waals surface area (Å²) in [5, 5.41) is 13.3. The highest BCUT2D eigenvalue weighted by Gasteiger charge is 2.18. The SMILES string of the molecule is Cc1ccccc1C(C#N)Cc1c(C)noc1C. The first kappa shape index (κ1) is 12.4. The van der Waals surface area contributed by atoms with Gasteiger partial charge in [0.05, 0.1) is 17.7 Å². The predicted octanol–water partition coefficient (Wildman–Crippen LogP) is 3.45. The van der Waals surface area contributed by atoms with E-state index >= 15 is 0 Å². The number of aromatic nitrogens is 1. The van der Waals surface area contributed by atoms with Gasteiger partial charge in [0.25, 0.3) is 0 Å². The van der Waals surface area contributed by atoms with Crippen molar-refractivity contribution < 1.29 is 4.52 Å². The van der Waals surface area contributed by atoms with E-state index in [4.69, 9.17) is 4.52 Å². The lowest BCUT2D eigenvalue weighted by atomic mass is 9.90. The first-order valence-electron chi connectivity index (χ1n) is 6.00. The van der Waals surface area contributed by atoms with Crippen LogP contribution in [0, 0.1) is 32.1 Å². The largest absolute Gasteiger partial charge is 0.361 e. The molecule has 3 heteroatoms. The van der Waals surface area contributed by atoms with Gasteiger partial charge in [-0.15, -0.1) is 0 Å². The lowest BCUT2D eigenvalue weighted by Gasteiger charge is -2.11. The Kier molecular flexibility index (Phi) is 3.47. The van der Waals surface area contributed by atoms with Crippen LogP contribution in [0.25, 0.3) is 0 Å². The predicted molar refractivity (Wildman–Crippen MR) is 69.2 cm³/mol. The van der Waals surface area contributed by atoms with Crippen LogP contribution in [-0.4, -0.2) is 5.16 Å². The molecule has 0 aliphatic rings. The van der Waals surface area contributed by atoms with Crippen LogP contribution in [0.15, 0.2) is 28.8 Å². The zero-order valence-electron chi connectivity index (χ0n) is 10.9. The van der Waals surface area contributed by atoms with Crippen molar-refractivity contribution in [3.05, 3.63) is 52.4 Å². The number of nitrogens with zero attached hydrogens (tertiary/aromatic N) is 2. The number of nitriles is 1. The van der Waals surface area contributed by atoms with E-state index in [0.717, 1.165) is 28.1 Å². The summed E-state index contributed by atoms with van der Waals surface area (Å²) in [7, 11) is 0. The summed E-state index contributed by atoms with van der Waals surface area (Å²) >= 11 is 0. The molecule has 2 rings (SSSR count). The van der Waals surface area contributed by atoms with Crippen molar-refractivity contribution in [2.24, 2.45) is 0 Å². The maximum atomic E-state index is 9.38. The molecule has 92 valence electrons. The molecule has 0 radical (unpaired) electrons. The molecule has 0 fully saturated rings. The standard InChI is InChI=1S/C15H16N2O/c1-10-6-4-5-7-14(10)13(9-16)8-15-11(2)17-18-12(15)3/h4-7,13H,8H2,1-3H3. The summed E-state index contributed by atoms with van der Waals surface area (Å²) in [6, 6.07) is 10.4. The lowest BCUT2D eigenvalue weighted by Crippen LogP contribution is -2.04. The van der Waals surface area contributed by atoms with Crippen molar-refractivity contribution in [2.75, 3.05) is 0 Å². The Morgan fingerprint density at radius 1 is 1.28 bits per heavy atom. The fraction of sp³-hybridized carbons (Fsp3) is 0.333. The minimum atomic E-state index is -0.150. The van der Waals surface area contributed by atoms with Crippen molar-refractivity contribution in [1.29, 1.82) is 5.26 Å². The average molecular weight is 240 g/mol. The Bertz CT molecular complexity index is 573. The molecule has 0 saturated heterocycles. The average Bonchev–Trinajstić information content (AvgIpc) is 2.68. The molecule has 1 unspecified atom stereocenters. The molecule has 1 heterocycles. The van der Waals surface area contributed by atoms with E-state index in [9.17, 15) is 5.26 Å². The zero-order valence-corrected chi connectivity index (χ0v) is 10.9. The highest BCUT2D eigenvalue weighted by molar-refractivity contribution is 5.36. The Morgan fingerprint density at radius 3 is 2.56 bits per heavy atom. The molecule has 1 atom stereocenters. The van der Waals surface area contributed by atoms with E-state index in [0.29, 0.717) is 6.42 Å². The summed E-state index contributed by atoms with van der Waals surface area (Å²) in [5.41, 5.74) is 4.15. The summed E-state index contributed by atoms with van der Waals surface area (Å²) in [4.78, 5) is 0. The quantitative estimate of drug-likeness (QED) is 0.825. The molecule has 2 aromatic rings. The van der Waals surface area contributed by atoms with Gasteiger partial charge in [-0.25, -0.2) is 0 Å². The first-order valence-corrected chi connectivity index (χ1v) is 6.00. The Balaban J connectivity index is 2.32. The third kappa shape index (κ3) is 2.28. The second kappa shape index (κ2) is 5.05. The smallest absolute Gasteiger partial charge is 0.137 e. The molecule has 1 aromatic carbocycles. The summed E-state index contributed by atoms with van der Waals surface area (Å²) in [6.45, 7) is 5.84. The van der Waals surface area contributed by atoms with Crippen LogP contribution in [-0.2, 0) is 6.42 Å². The number of benzene rings is 1. The van der Waals surface area contributed by atoms with Crippen molar-refractivity contribution in [2.45, 2.75) is 33.1 Å². The van der Waals surface area contributed by atoms with Gasteiger partial charge in [0.2, 0.25) is 0 Å². The third-order valence-electron chi connectivity index (χ3n) is 3.31. The Labute approximate surface area is 107 Å². The minimum Gasteiger partial charge on any atom is -0.361 e. The van der Waals surface area contributed by atoms with Crippen LogP contribution in [0.3, 0.4) is 0 Å². The van der Waals surface area contributed by atoms with Gasteiger partial charge >= 0.3 is 0 Å². The van der Waals surface area contributed by atoms with Crippen LogP contribution in [0.4, 0.5) is 0 Å². The highest BCUT2D eigenvalue weighted by atomic mass is 16.5. The molecule has 18 heavy (non-hydrogen) atoms. The molecule has 1 aromatic heterocycles. The number of hydrogen-bond donors (Lipinski definition) is 0. The molecule has 0 aliphatic heterocycles. The highest BCUT2D eigenvalue weighted by Crippen LogP contribution is 2.26. The van der Waals surface area contributed by atoms with Crippen LogP contribution in [0.5, 0.6) is 0 Å². The lowest BCUT2D eigenvalue weighted by molar-refractivity contribution is 0.392. The van der Waals surface area contributed by atoms with E-state index in [-0.39, 0.29) is 5.92 Å². The van der Waals surface area contributed by atoms with Crippen LogP contribution < -0.4 is 0 Å². The van der Waals surface area contributed by atoms with E-state index in [1.807, 2.05) is 45.0 Å². The van der Waals surface area contributed by atoms with Crippen molar-refractivity contribution in [3.8, 4) is 6.07 Å². The van der Waals surface area contributed by atoms with Crippen LogP contribution >= 0.6 is 0 Å². The van der Waals surface area contributed by atoms with Gasteiger partial charge < -0.3 is 4.52 Å². The van der Waals surface area contributed by atoms with E-state index < -0.39 is 0 Å². The fourth-order valence-corrected chi connectivity index (χ4v) is 2.20. The molecular formula is C15H16N2O. The van der Waals surface area contributed by atoms with Crippen molar-refractivity contribution in [1.82, 2.24) is 5.16 Å². The van der Waals surface area contributed by atoms with Crippen LogP contribution in [0.2, 0.25) is 0 Å². The summed E-state index contributed by atoms with van der Waals surface area (Å²) in [6.07, 6.45) is 0.655. The van der Waals surface area contributed by atoms with E-state index in [1.165, 1.54) is 0 Å². The minimum absolute atomic E-state index is 0.150. The monoisotopic (exact) mass is 240 g/mol. The van der Waals surface area contributed by atoms with Gasteiger partial charge in [-0.05, 0) is 38.3 Å². The van der Waals surface area contributed by atoms with E-state index in [2.05, 4.69) is 11.2 Å². The number of rotatable bonds is 3. The first-order chi connectivity index (χ1) is 8.63. The fourth-order valence-electron chi connectivity index (χ4n) is 2.20. The molecule has 0 saturated carbocycles. The zero-order chi connectivity index (χ0) is 13.1. The molecule has 0 spiro atoms. The second-order valence-corrected chi connectivity index (χ2v) is 4.55. The Hall–Kier alpha value is -2.08. The van der Waals surface area contributed by atoms with E-state index in [1.54, 1.807) is 0 Å². The number of hydrogen-bond acceptors (Lipinski definition) is 3. The number of aryl methyl sites for hydroxylation is 3. The van der Waals surface area contributed by atoms with Gasteiger partial charge in [-0.2, -0.15) is 5.26 Å². The second-order valence-electron chi connectivity index (χ2n) is 4.55. The van der Waals surface area contributed by atoms with Crippen molar-refractivity contribution in [3.63, 3.8) is 0 Å². The van der Waals surface area contributed by atoms with Gasteiger partial charge in [0.1, 0.15) is 5.76 Å². The summed E-state index contributed by atoms with van der Waals surface area (Å²) < 4.78 is 5.15. The van der Waals surface area contributed by atoms with Crippen molar-refractivity contribution >= 4 is 0 Å². The van der Waals surface area contributed by atoms with Gasteiger partial charge in [0, 0.05) is 5.56 Å². The van der Waals surface area contributed by atoms with Gasteiger partial charge in [-0.3, -0.25) is 0 Å².